The van der Waals surface area contributed by atoms with Gasteiger partial charge in [-0.1, -0.05) is 22.9 Å². The Labute approximate surface area is 125 Å². The van der Waals surface area contributed by atoms with Gasteiger partial charge in [0.25, 0.3) is 0 Å². The lowest BCUT2D eigenvalue weighted by molar-refractivity contribution is 0.0178. The minimum Gasteiger partial charge on any atom is -0.382 e. The Balaban J connectivity index is 3.26. The first kappa shape index (κ1) is 19.3. The topological polar surface area (TPSA) is 40.2 Å². The molecule has 0 aromatic heterocycles. The van der Waals surface area contributed by atoms with E-state index in [2.05, 4.69) is 27.8 Å². The van der Waals surface area contributed by atoms with Crippen molar-refractivity contribution in [1.82, 2.24) is 4.90 Å². The molecule has 0 unspecified atom stereocenters. The number of nitrogens with zero attached hydrogens (tertiary/aromatic N) is 1. The first-order valence-electron chi connectivity index (χ1n) is 6.85. The van der Waals surface area contributed by atoms with E-state index in [-0.39, 0.29) is 0 Å². The van der Waals surface area contributed by atoms with Gasteiger partial charge in [-0.05, 0) is 6.54 Å². The minimum atomic E-state index is 0.629. The van der Waals surface area contributed by atoms with E-state index in [1.807, 2.05) is 0 Å². The summed E-state index contributed by atoms with van der Waals surface area (Å²) in [7, 11) is 1.67. The fourth-order valence-electron chi connectivity index (χ4n) is 1.44. The maximum absolute atomic E-state index is 5.52. The molecular weight excluding hydrogens is 314 g/mol. The Bertz CT molecular complexity index is 175. The molecule has 0 saturated heterocycles. The fraction of sp³-hybridized carbons (Fsp3) is 1.00. The number of rotatable bonds is 15. The van der Waals surface area contributed by atoms with E-state index in [1.165, 1.54) is 0 Å². The van der Waals surface area contributed by atoms with Crippen LogP contribution in [0.5, 0.6) is 0 Å². The average molecular weight is 342 g/mol. The van der Waals surface area contributed by atoms with Crippen LogP contribution < -0.4 is 0 Å². The molecule has 0 aromatic rings. The Kier molecular flexibility index (Phi) is 16.6. The van der Waals surface area contributed by atoms with Gasteiger partial charge in [-0.25, -0.2) is 0 Å². The second-order valence-electron chi connectivity index (χ2n) is 3.95. The van der Waals surface area contributed by atoms with Crippen molar-refractivity contribution < 1.29 is 18.9 Å². The van der Waals surface area contributed by atoms with Crippen molar-refractivity contribution in [2.45, 2.75) is 6.92 Å². The van der Waals surface area contributed by atoms with Crippen molar-refractivity contribution in [3.05, 3.63) is 0 Å². The lowest BCUT2D eigenvalue weighted by Crippen LogP contribution is -2.31. The van der Waals surface area contributed by atoms with Crippen LogP contribution in [-0.4, -0.2) is 83.2 Å². The van der Waals surface area contributed by atoms with Crippen LogP contribution in [0.4, 0.5) is 0 Å². The molecule has 0 aromatic carbocycles. The average Bonchev–Trinajstić information content (AvgIpc) is 2.44. The molecule has 0 heterocycles. The van der Waals surface area contributed by atoms with E-state index in [9.17, 15) is 0 Å². The van der Waals surface area contributed by atoms with E-state index >= 15 is 0 Å². The molecule has 6 heteroatoms. The molecule has 19 heavy (non-hydrogen) atoms. The van der Waals surface area contributed by atoms with E-state index in [4.69, 9.17) is 18.9 Å². The largest absolute Gasteiger partial charge is 0.382 e. The highest BCUT2D eigenvalue weighted by atomic mass is 79.9. The van der Waals surface area contributed by atoms with Crippen molar-refractivity contribution >= 4 is 15.9 Å². The summed E-state index contributed by atoms with van der Waals surface area (Å²) in [5.74, 6) is 0. The first-order chi connectivity index (χ1) is 9.35. The predicted octanol–water partition coefficient (Wildman–Crippen LogP) is 1.40. The van der Waals surface area contributed by atoms with Gasteiger partial charge in [0.2, 0.25) is 0 Å². The van der Waals surface area contributed by atoms with Gasteiger partial charge in [-0.15, -0.1) is 0 Å². The number of halogens is 1. The predicted molar refractivity (Wildman–Crippen MR) is 80.2 cm³/mol. The molecule has 0 aliphatic heterocycles. The summed E-state index contributed by atoms with van der Waals surface area (Å²) in [4.78, 5) is 2.32. The molecule has 0 bridgehead atoms. The summed E-state index contributed by atoms with van der Waals surface area (Å²) in [6, 6.07) is 0. The summed E-state index contributed by atoms with van der Waals surface area (Å²) < 4.78 is 21.1. The second kappa shape index (κ2) is 16.3. The van der Waals surface area contributed by atoms with Crippen LogP contribution in [0.2, 0.25) is 0 Å². The Morgan fingerprint density at radius 3 is 1.84 bits per heavy atom. The van der Waals surface area contributed by atoms with Gasteiger partial charge in [-0.2, -0.15) is 0 Å². The number of hydrogen-bond donors (Lipinski definition) is 0. The molecule has 0 spiro atoms. The SMILES string of the molecule is CCN(CCOCCBr)CCOCCOCCOC. The third-order valence-electron chi connectivity index (χ3n) is 2.58. The molecule has 0 rings (SSSR count). The maximum atomic E-state index is 5.52. The lowest BCUT2D eigenvalue weighted by atomic mass is 10.5. The van der Waals surface area contributed by atoms with E-state index in [0.29, 0.717) is 26.4 Å². The number of likely N-dealkylation sites (N-methyl/N-ethyl adjacent to an activating group) is 1. The van der Waals surface area contributed by atoms with Gasteiger partial charge < -0.3 is 18.9 Å². The Morgan fingerprint density at radius 1 is 0.789 bits per heavy atom. The number of hydrogen-bond acceptors (Lipinski definition) is 5. The third kappa shape index (κ3) is 14.5. The number of ether oxygens (including phenoxy) is 4. The molecule has 0 N–H and O–H groups in total. The van der Waals surface area contributed by atoms with E-state index in [1.54, 1.807) is 7.11 Å². The van der Waals surface area contributed by atoms with Crippen molar-refractivity contribution in [2.75, 3.05) is 78.3 Å². The molecule has 0 saturated carbocycles. The number of alkyl halides is 1. The van der Waals surface area contributed by atoms with E-state index in [0.717, 1.165) is 44.8 Å². The standard InChI is InChI=1S/C13H28BrNO4/c1-3-15(5-8-17-7-4-14)6-9-18-12-13-19-11-10-16-2/h3-13H2,1-2H3. The first-order valence-corrected chi connectivity index (χ1v) is 7.97. The highest BCUT2D eigenvalue weighted by Gasteiger charge is 2.01. The second-order valence-corrected chi connectivity index (χ2v) is 4.75. The van der Waals surface area contributed by atoms with Crippen LogP contribution in [0.15, 0.2) is 0 Å². The smallest absolute Gasteiger partial charge is 0.0701 e. The van der Waals surface area contributed by atoms with Crippen molar-refractivity contribution in [3.63, 3.8) is 0 Å². The number of methoxy groups -OCH3 is 1. The Morgan fingerprint density at radius 2 is 1.32 bits per heavy atom. The van der Waals surface area contributed by atoms with Gasteiger partial charge >= 0.3 is 0 Å². The zero-order valence-electron chi connectivity index (χ0n) is 12.2. The van der Waals surface area contributed by atoms with Crippen LogP contribution in [0.1, 0.15) is 6.92 Å². The summed E-state index contributed by atoms with van der Waals surface area (Å²) in [5.41, 5.74) is 0. The van der Waals surface area contributed by atoms with Crippen LogP contribution >= 0.6 is 15.9 Å². The molecule has 0 fully saturated rings. The van der Waals surface area contributed by atoms with Crippen LogP contribution in [0.3, 0.4) is 0 Å². The highest BCUT2D eigenvalue weighted by molar-refractivity contribution is 9.09. The van der Waals surface area contributed by atoms with Crippen LogP contribution in [-0.2, 0) is 18.9 Å². The summed E-state index contributed by atoms with van der Waals surface area (Å²) in [5, 5.41) is 0.894. The van der Waals surface area contributed by atoms with Gasteiger partial charge in [0.05, 0.1) is 46.2 Å². The van der Waals surface area contributed by atoms with Crippen LogP contribution in [0.25, 0.3) is 0 Å². The molecule has 0 radical (unpaired) electrons. The molecule has 5 nitrogen and oxygen atoms in total. The summed E-state index contributed by atoms with van der Waals surface area (Å²) in [6.07, 6.45) is 0. The third-order valence-corrected chi connectivity index (χ3v) is 2.90. The van der Waals surface area contributed by atoms with Gasteiger partial charge in [-0.3, -0.25) is 4.90 Å². The zero-order chi connectivity index (χ0) is 14.2. The van der Waals surface area contributed by atoms with Gasteiger partial charge in [0, 0.05) is 25.5 Å². The van der Waals surface area contributed by atoms with E-state index < -0.39 is 0 Å². The lowest BCUT2D eigenvalue weighted by Gasteiger charge is -2.20. The monoisotopic (exact) mass is 341 g/mol. The zero-order valence-corrected chi connectivity index (χ0v) is 13.8. The Hall–Kier alpha value is 0.280. The maximum Gasteiger partial charge on any atom is 0.0701 e. The van der Waals surface area contributed by atoms with Crippen molar-refractivity contribution in [2.24, 2.45) is 0 Å². The quantitative estimate of drug-likeness (QED) is 0.332. The normalized spacial score (nSPS) is 11.4. The summed E-state index contributed by atoms with van der Waals surface area (Å²) in [6.45, 7) is 9.88. The molecule has 116 valence electrons. The molecule has 0 aliphatic rings. The van der Waals surface area contributed by atoms with Gasteiger partial charge in [0.1, 0.15) is 0 Å². The van der Waals surface area contributed by atoms with Gasteiger partial charge in [0.15, 0.2) is 0 Å². The molecule has 0 amide bonds. The molecule has 0 atom stereocenters. The minimum absolute atomic E-state index is 0.629. The fourth-order valence-corrected chi connectivity index (χ4v) is 1.67. The molecule has 0 aliphatic carbocycles. The van der Waals surface area contributed by atoms with Crippen LogP contribution in [0, 0.1) is 0 Å². The molecular formula is C13H28BrNO4. The van der Waals surface area contributed by atoms with Crippen molar-refractivity contribution in [1.29, 1.82) is 0 Å². The van der Waals surface area contributed by atoms with Crippen molar-refractivity contribution in [3.8, 4) is 0 Å². The summed E-state index contributed by atoms with van der Waals surface area (Å²) >= 11 is 3.34. The highest BCUT2D eigenvalue weighted by Crippen LogP contribution is 1.90.